The average Bonchev–Trinajstić information content (AvgIpc) is 3.31. The molecule has 9 nitrogen and oxygen atoms in total. The molecule has 0 fully saturated rings. The Labute approximate surface area is 422 Å². The average molecular weight is 964 g/mol. The molecule has 0 saturated carbocycles. The van der Waals surface area contributed by atoms with Gasteiger partial charge in [0.1, 0.15) is 13.2 Å². The Morgan fingerprint density at radius 2 is 0.870 bits per heavy atom. The Bertz CT molecular complexity index is 1450. The van der Waals surface area contributed by atoms with Crippen molar-refractivity contribution in [2.45, 2.75) is 219 Å². The van der Waals surface area contributed by atoms with Crippen LogP contribution in [0.15, 0.2) is 97.2 Å². The molecule has 0 rings (SSSR count). The lowest BCUT2D eigenvalue weighted by molar-refractivity contribution is -0.870. The van der Waals surface area contributed by atoms with Crippen molar-refractivity contribution >= 4 is 17.9 Å². The van der Waals surface area contributed by atoms with Gasteiger partial charge >= 0.3 is 11.9 Å². The van der Waals surface area contributed by atoms with E-state index in [0.29, 0.717) is 17.4 Å². The van der Waals surface area contributed by atoms with E-state index in [9.17, 15) is 19.5 Å². The number of carboxylic acids is 1. The highest BCUT2D eigenvalue weighted by Crippen LogP contribution is 2.15. The number of carboxylic acid groups (broad SMARTS) is 1. The molecule has 0 amide bonds. The monoisotopic (exact) mass is 964 g/mol. The predicted octanol–water partition coefficient (Wildman–Crippen LogP) is 14.4. The molecule has 2 unspecified atom stereocenters. The number of hydrogen-bond donors (Lipinski definition) is 0. The number of rotatable bonds is 49. The van der Waals surface area contributed by atoms with E-state index in [1.165, 1.54) is 116 Å². The molecule has 0 radical (unpaired) electrons. The van der Waals surface area contributed by atoms with Gasteiger partial charge in [0.15, 0.2) is 12.4 Å². The molecule has 0 aliphatic rings. The number of unbranched alkanes of at least 4 members (excludes halogenated alkanes) is 19. The van der Waals surface area contributed by atoms with Crippen LogP contribution >= 0.6 is 0 Å². The summed E-state index contributed by atoms with van der Waals surface area (Å²) in [6.07, 6.45) is 64.9. The first-order valence-electron chi connectivity index (χ1n) is 27.4. The molecule has 0 aliphatic carbocycles. The molecular formula is C60H101NO8. The molecule has 0 aromatic rings. The third-order valence-electron chi connectivity index (χ3n) is 11.3. The summed E-state index contributed by atoms with van der Waals surface area (Å²) in [5, 5.41) is 11.7. The number of ether oxygens (including phenoxy) is 4. The highest BCUT2D eigenvalue weighted by molar-refractivity contribution is 5.71. The molecule has 0 spiro atoms. The van der Waals surface area contributed by atoms with Crippen molar-refractivity contribution in [2.75, 3.05) is 47.5 Å². The van der Waals surface area contributed by atoms with E-state index in [1.807, 2.05) is 33.3 Å². The van der Waals surface area contributed by atoms with Crippen LogP contribution in [0.2, 0.25) is 0 Å². The number of carbonyl (C=O) groups excluding carboxylic acids is 3. The van der Waals surface area contributed by atoms with Gasteiger partial charge in [0, 0.05) is 6.42 Å². The van der Waals surface area contributed by atoms with Crippen molar-refractivity contribution in [3.05, 3.63) is 97.2 Å². The molecule has 0 aromatic heterocycles. The van der Waals surface area contributed by atoms with Crippen molar-refractivity contribution in [2.24, 2.45) is 0 Å². The number of likely N-dealkylation sites (N-methyl/N-ethyl adjacent to an activating group) is 1. The van der Waals surface area contributed by atoms with Gasteiger partial charge in [-0.2, -0.15) is 0 Å². The second kappa shape index (κ2) is 50.6. The molecule has 0 N–H and O–H groups in total. The van der Waals surface area contributed by atoms with Crippen LogP contribution in [0.3, 0.4) is 0 Å². The zero-order chi connectivity index (χ0) is 50.6. The van der Waals surface area contributed by atoms with Gasteiger partial charge in [-0.15, -0.1) is 0 Å². The molecule has 9 heteroatoms. The van der Waals surface area contributed by atoms with Gasteiger partial charge in [0.05, 0.1) is 46.7 Å². The zero-order valence-electron chi connectivity index (χ0n) is 44.6. The van der Waals surface area contributed by atoms with E-state index in [1.54, 1.807) is 6.08 Å². The summed E-state index contributed by atoms with van der Waals surface area (Å²) in [7, 11) is 5.88. The zero-order valence-corrected chi connectivity index (χ0v) is 44.6. The Morgan fingerprint density at radius 3 is 1.30 bits per heavy atom. The first-order valence-corrected chi connectivity index (χ1v) is 27.4. The summed E-state index contributed by atoms with van der Waals surface area (Å²) in [5.74, 6) is -2.46. The van der Waals surface area contributed by atoms with Gasteiger partial charge in [-0.25, -0.2) is 0 Å². The van der Waals surface area contributed by atoms with E-state index >= 15 is 0 Å². The fourth-order valence-corrected chi connectivity index (χ4v) is 7.15. The summed E-state index contributed by atoms with van der Waals surface area (Å²) in [4.78, 5) is 37.1. The second-order valence-corrected chi connectivity index (χ2v) is 19.2. The van der Waals surface area contributed by atoms with Crippen LogP contribution in [0, 0.1) is 0 Å². The molecule has 0 saturated heterocycles. The van der Waals surface area contributed by atoms with Crippen LogP contribution in [0.25, 0.3) is 0 Å². The SMILES string of the molecule is CC/C=C\C/C=C\C/C=C\C/C=C\C/C=C\CC(=O)OC(COC(=O)CCCCCCCCCCCCCCCC/C=C\C/C=C\C/C=C\CCCCCCC)COC(OCC[N+](C)(C)C)C(=O)[O-]. The van der Waals surface area contributed by atoms with Crippen molar-refractivity contribution in [1.82, 2.24) is 0 Å². The van der Waals surface area contributed by atoms with Crippen molar-refractivity contribution in [3.63, 3.8) is 0 Å². The smallest absolute Gasteiger partial charge is 0.310 e. The molecule has 2 atom stereocenters. The van der Waals surface area contributed by atoms with E-state index in [2.05, 4.69) is 92.8 Å². The minimum Gasteiger partial charge on any atom is -0.545 e. The quantitative estimate of drug-likeness (QED) is 0.0195. The lowest BCUT2D eigenvalue weighted by Crippen LogP contribution is -2.44. The van der Waals surface area contributed by atoms with Gasteiger partial charge in [0.25, 0.3) is 0 Å². The lowest BCUT2D eigenvalue weighted by atomic mass is 10.0. The summed E-state index contributed by atoms with van der Waals surface area (Å²) in [6, 6.07) is 0. The van der Waals surface area contributed by atoms with Crippen LogP contribution in [-0.2, 0) is 33.3 Å². The van der Waals surface area contributed by atoms with Crippen LogP contribution in [0.1, 0.15) is 206 Å². The summed E-state index contributed by atoms with van der Waals surface area (Å²) >= 11 is 0. The van der Waals surface area contributed by atoms with Gasteiger partial charge in [-0.05, 0) is 77.0 Å². The van der Waals surface area contributed by atoms with E-state index in [-0.39, 0.29) is 38.6 Å². The van der Waals surface area contributed by atoms with Gasteiger partial charge < -0.3 is 33.3 Å². The number of hydrogen-bond acceptors (Lipinski definition) is 8. The molecule has 0 heterocycles. The van der Waals surface area contributed by atoms with Gasteiger partial charge in [-0.1, -0.05) is 214 Å². The molecule has 0 bridgehead atoms. The van der Waals surface area contributed by atoms with Crippen LogP contribution in [0.5, 0.6) is 0 Å². The lowest BCUT2D eigenvalue weighted by Gasteiger charge is -2.26. The minimum atomic E-state index is -1.65. The Kier molecular flexibility index (Phi) is 47.8. The van der Waals surface area contributed by atoms with Crippen molar-refractivity contribution in [3.8, 4) is 0 Å². The van der Waals surface area contributed by atoms with Crippen molar-refractivity contribution in [1.29, 1.82) is 0 Å². The molecule has 394 valence electrons. The summed E-state index contributed by atoms with van der Waals surface area (Å²) < 4.78 is 22.5. The maximum Gasteiger partial charge on any atom is 0.310 e. The normalized spacial score (nSPS) is 13.6. The third-order valence-corrected chi connectivity index (χ3v) is 11.3. The van der Waals surface area contributed by atoms with Crippen molar-refractivity contribution < 1.29 is 42.9 Å². The predicted molar refractivity (Wildman–Crippen MR) is 287 cm³/mol. The van der Waals surface area contributed by atoms with Crippen LogP contribution in [-0.4, -0.2) is 82.3 Å². The highest BCUT2D eigenvalue weighted by Gasteiger charge is 2.21. The fourth-order valence-electron chi connectivity index (χ4n) is 7.15. The number of carbonyl (C=O) groups is 3. The Balaban J connectivity index is 4.27. The third kappa shape index (κ3) is 51.9. The second-order valence-electron chi connectivity index (χ2n) is 19.2. The topological polar surface area (TPSA) is 111 Å². The van der Waals surface area contributed by atoms with E-state index in [0.717, 1.165) is 57.8 Å². The number of esters is 2. The minimum absolute atomic E-state index is 0.0113. The number of quaternary nitrogens is 1. The summed E-state index contributed by atoms with van der Waals surface area (Å²) in [6.45, 7) is 4.49. The molecule has 69 heavy (non-hydrogen) atoms. The largest absolute Gasteiger partial charge is 0.545 e. The molecular weight excluding hydrogens is 863 g/mol. The molecule has 0 aromatic carbocycles. The van der Waals surface area contributed by atoms with Gasteiger partial charge in [-0.3, -0.25) is 9.59 Å². The Morgan fingerprint density at radius 1 is 0.464 bits per heavy atom. The first kappa shape index (κ1) is 65.2. The molecule has 0 aliphatic heterocycles. The summed E-state index contributed by atoms with van der Waals surface area (Å²) in [5.41, 5.74) is 0. The standard InChI is InChI=1S/C60H101NO8/c1-6-8-10-12-14-16-18-20-22-23-24-25-26-27-28-29-30-31-32-33-34-35-37-38-40-42-44-46-48-50-57(62)67-54-56(55-68-60(59(64)65)66-53-52-61(3,4)5)69-58(63)51-49-47-45-43-41-39-36-21-19-17-15-13-11-9-7-2/h9,11,15,17-18,20-21,23-24,26-27,36,41,43,47,49,56,60H,6-8,10,12-14,16,19,22,25,28-35,37-40,42,44-46,48,50-55H2,1-5H3/b11-9-,17-15-,20-18-,24-23-,27-26-,36-21-,43-41-,49-47-. The number of allylic oxidation sites excluding steroid dienone is 15. The first-order chi connectivity index (χ1) is 33.6. The van der Waals surface area contributed by atoms with Gasteiger partial charge in [0.2, 0.25) is 0 Å². The number of nitrogens with zero attached hydrogens (tertiary/aromatic N) is 1. The Hall–Kier alpha value is -3.79. The fraction of sp³-hybridized carbons (Fsp3) is 0.683. The van der Waals surface area contributed by atoms with Crippen LogP contribution in [0.4, 0.5) is 0 Å². The van der Waals surface area contributed by atoms with E-state index < -0.39 is 24.3 Å². The highest BCUT2D eigenvalue weighted by atomic mass is 16.7. The van der Waals surface area contributed by atoms with E-state index in [4.69, 9.17) is 18.9 Å². The van der Waals surface area contributed by atoms with Crippen LogP contribution < -0.4 is 5.11 Å². The maximum absolute atomic E-state index is 12.7. The number of aliphatic carboxylic acids is 1. The maximum atomic E-state index is 12.7.